The van der Waals surface area contributed by atoms with Crippen molar-refractivity contribution in [1.29, 1.82) is 0 Å². The maximum absolute atomic E-state index is 6.39. The van der Waals surface area contributed by atoms with Crippen LogP contribution < -0.4 is 0 Å². The topological polar surface area (TPSA) is 22.8 Å². The summed E-state index contributed by atoms with van der Waals surface area (Å²) >= 11 is 9.97. The van der Waals surface area contributed by atoms with Crippen molar-refractivity contribution in [2.24, 2.45) is 0 Å². The number of fused-ring (bicyclic) bond motifs is 1. The summed E-state index contributed by atoms with van der Waals surface area (Å²) in [5, 5.41) is 6.45. The molecule has 5 heteroatoms. The third-order valence-electron chi connectivity index (χ3n) is 3.53. The summed E-state index contributed by atoms with van der Waals surface area (Å²) in [6.07, 6.45) is 2.09. The zero-order valence-corrected chi connectivity index (χ0v) is 13.7. The highest BCUT2D eigenvalue weighted by atomic mass is 79.9. The van der Waals surface area contributed by atoms with E-state index in [-0.39, 0.29) is 0 Å². The molecule has 0 aliphatic heterocycles. The first-order valence-electron chi connectivity index (χ1n) is 6.57. The minimum Gasteiger partial charge on any atom is -0.341 e. The second-order valence-electron chi connectivity index (χ2n) is 4.78. The molecule has 0 amide bonds. The van der Waals surface area contributed by atoms with E-state index in [9.17, 15) is 0 Å². The van der Waals surface area contributed by atoms with E-state index in [1.54, 1.807) is 0 Å². The van der Waals surface area contributed by atoms with Gasteiger partial charge in [-0.1, -0.05) is 33.6 Å². The van der Waals surface area contributed by atoms with Gasteiger partial charge in [-0.15, -0.1) is 0 Å². The van der Waals surface area contributed by atoms with E-state index < -0.39 is 0 Å². The summed E-state index contributed by atoms with van der Waals surface area (Å²) in [6.45, 7) is 5.58. The van der Waals surface area contributed by atoms with Crippen molar-refractivity contribution < 1.29 is 0 Å². The Morgan fingerprint density at radius 3 is 2.85 bits per heavy atom. The van der Waals surface area contributed by atoms with Crippen LogP contribution >= 0.6 is 27.5 Å². The Labute approximate surface area is 131 Å². The first-order chi connectivity index (χ1) is 9.61. The summed E-state index contributed by atoms with van der Waals surface area (Å²) in [4.78, 5) is 0. The van der Waals surface area contributed by atoms with Gasteiger partial charge in [0.05, 0.1) is 23.0 Å². The normalized spacial score (nSPS) is 11.4. The van der Waals surface area contributed by atoms with Gasteiger partial charge in [0.25, 0.3) is 0 Å². The standard InChI is InChI=1S/C15H15BrClN3/c1-3-20-14(15(17)10(2)18-20)9-19-8-7-11-12(16)5-4-6-13(11)19/h4-8H,3,9H2,1-2H3. The van der Waals surface area contributed by atoms with E-state index in [4.69, 9.17) is 11.6 Å². The fraction of sp³-hybridized carbons (Fsp3) is 0.267. The number of hydrogen-bond acceptors (Lipinski definition) is 1. The SMILES string of the molecule is CCn1nc(C)c(Cl)c1Cn1ccc2c(Br)cccc21. The second kappa shape index (κ2) is 5.26. The molecular formula is C15H15BrClN3. The van der Waals surface area contributed by atoms with Gasteiger partial charge in [0.2, 0.25) is 0 Å². The molecule has 0 radical (unpaired) electrons. The van der Waals surface area contributed by atoms with Gasteiger partial charge in [-0.2, -0.15) is 5.10 Å². The highest BCUT2D eigenvalue weighted by Gasteiger charge is 2.14. The number of aryl methyl sites for hydroxylation is 2. The number of halogens is 2. The Bertz CT molecular complexity index is 773. The molecule has 0 N–H and O–H groups in total. The van der Waals surface area contributed by atoms with Gasteiger partial charge in [-0.3, -0.25) is 4.68 Å². The van der Waals surface area contributed by atoms with Crippen molar-refractivity contribution in [1.82, 2.24) is 14.3 Å². The molecule has 2 heterocycles. The van der Waals surface area contributed by atoms with E-state index in [2.05, 4.69) is 56.9 Å². The Hall–Kier alpha value is -1.26. The molecule has 0 fully saturated rings. The summed E-state index contributed by atoms with van der Waals surface area (Å²) in [6, 6.07) is 8.34. The van der Waals surface area contributed by atoms with Crippen LogP contribution in [-0.2, 0) is 13.1 Å². The fourth-order valence-electron chi connectivity index (χ4n) is 2.51. The Morgan fingerprint density at radius 1 is 1.30 bits per heavy atom. The molecule has 0 aliphatic carbocycles. The van der Waals surface area contributed by atoms with Crippen molar-refractivity contribution in [2.45, 2.75) is 26.9 Å². The molecule has 0 saturated heterocycles. The Kier molecular flexibility index (Phi) is 3.61. The van der Waals surface area contributed by atoms with Crippen molar-refractivity contribution in [2.75, 3.05) is 0 Å². The maximum atomic E-state index is 6.39. The lowest BCUT2D eigenvalue weighted by atomic mass is 10.2. The zero-order chi connectivity index (χ0) is 14.3. The van der Waals surface area contributed by atoms with Gasteiger partial charge >= 0.3 is 0 Å². The average Bonchev–Trinajstić information content (AvgIpc) is 2.96. The molecule has 104 valence electrons. The molecule has 0 unspecified atom stereocenters. The molecule has 0 saturated carbocycles. The van der Waals surface area contributed by atoms with Gasteiger partial charge in [-0.25, -0.2) is 0 Å². The quantitative estimate of drug-likeness (QED) is 0.674. The van der Waals surface area contributed by atoms with E-state index in [1.165, 1.54) is 10.9 Å². The number of rotatable bonds is 3. The lowest BCUT2D eigenvalue weighted by Crippen LogP contribution is -2.07. The number of hydrogen-bond donors (Lipinski definition) is 0. The molecule has 0 spiro atoms. The third-order valence-corrected chi connectivity index (χ3v) is 4.72. The molecule has 3 aromatic rings. The summed E-state index contributed by atoms with van der Waals surface area (Å²) in [5.74, 6) is 0. The van der Waals surface area contributed by atoms with Crippen molar-refractivity contribution in [3.8, 4) is 0 Å². The van der Waals surface area contributed by atoms with E-state index in [0.29, 0.717) is 0 Å². The minimum atomic E-state index is 0.730. The lowest BCUT2D eigenvalue weighted by molar-refractivity contribution is 0.602. The molecule has 3 rings (SSSR count). The fourth-order valence-corrected chi connectivity index (χ4v) is 3.19. The van der Waals surface area contributed by atoms with Crippen molar-refractivity contribution >= 4 is 38.4 Å². The second-order valence-corrected chi connectivity index (χ2v) is 6.01. The molecule has 0 atom stereocenters. The highest BCUT2D eigenvalue weighted by molar-refractivity contribution is 9.10. The van der Waals surface area contributed by atoms with Crippen molar-refractivity contribution in [3.05, 3.63) is 51.3 Å². The van der Waals surface area contributed by atoms with Crippen LogP contribution in [0.1, 0.15) is 18.3 Å². The van der Waals surface area contributed by atoms with Crippen LogP contribution in [0, 0.1) is 6.92 Å². The monoisotopic (exact) mass is 351 g/mol. The van der Waals surface area contributed by atoms with Crippen LogP contribution in [-0.4, -0.2) is 14.3 Å². The molecule has 2 aromatic heterocycles. The summed E-state index contributed by atoms with van der Waals surface area (Å²) in [5.41, 5.74) is 3.14. The van der Waals surface area contributed by atoms with E-state index in [1.807, 2.05) is 17.7 Å². The van der Waals surface area contributed by atoms with Crippen molar-refractivity contribution in [3.63, 3.8) is 0 Å². The van der Waals surface area contributed by atoms with Crippen LogP contribution in [0.15, 0.2) is 34.9 Å². The number of nitrogens with zero attached hydrogens (tertiary/aromatic N) is 3. The molecule has 3 nitrogen and oxygen atoms in total. The summed E-state index contributed by atoms with van der Waals surface area (Å²) < 4.78 is 5.29. The number of aromatic nitrogens is 3. The van der Waals surface area contributed by atoms with Crippen LogP contribution in [0.5, 0.6) is 0 Å². The van der Waals surface area contributed by atoms with Gasteiger partial charge in [0.15, 0.2) is 0 Å². The zero-order valence-electron chi connectivity index (χ0n) is 11.4. The van der Waals surface area contributed by atoms with E-state index >= 15 is 0 Å². The Morgan fingerprint density at radius 2 is 2.10 bits per heavy atom. The molecule has 0 aliphatic rings. The third kappa shape index (κ3) is 2.17. The molecular weight excluding hydrogens is 338 g/mol. The predicted octanol–water partition coefficient (Wildman–Crippen LogP) is 4.63. The van der Waals surface area contributed by atoms with Crippen LogP contribution in [0.4, 0.5) is 0 Å². The largest absolute Gasteiger partial charge is 0.341 e. The minimum absolute atomic E-state index is 0.730. The van der Waals surface area contributed by atoms with Gasteiger partial charge in [0, 0.05) is 28.1 Å². The van der Waals surface area contributed by atoms with Crippen LogP contribution in [0.25, 0.3) is 10.9 Å². The smallest absolute Gasteiger partial charge is 0.0865 e. The average molecular weight is 353 g/mol. The molecule has 1 aromatic carbocycles. The Balaban J connectivity index is 2.08. The first-order valence-corrected chi connectivity index (χ1v) is 7.74. The van der Waals surface area contributed by atoms with Gasteiger partial charge < -0.3 is 4.57 Å². The van der Waals surface area contributed by atoms with Gasteiger partial charge in [-0.05, 0) is 32.0 Å². The summed E-state index contributed by atoms with van der Waals surface area (Å²) in [7, 11) is 0. The lowest BCUT2D eigenvalue weighted by Gasteiger charge is -2.08. The van der Waals surface area contributed by atoms with Crippen LogP contribution in [0.3, 0.4) is 0 Å². The molecule has 20 heavy (non-hydrogen) atoms. The maximum Gasteiger partial charge on any atom is 0.0865 e. The predicted molar refractivity (Wildman–Crippen MR) is 86.4 cm³/mol. The van der Waals surface area contributed by atoms with Crippen LogP contribution in [0.2, 0.25) is 5.02 Å². The van der Waals surface area contributed by atoms with E-state index in [0.717, 1.165) is 34.0 Å². The van der Waals surface area contributed by atoms with Gasteiger partial charge in [0.1, 0.15) is 0 Å². The first kappa shape index (κ1) is 13.7. The highest BCUT2D eigenvalue weighted by Crippen LogP contribution is 2.27. The number of benzene rings is 1. The molecule has 0 bridgehead atoms.